The van der Waals surface area contributed by atoms with Gasteiger partial charge in [0, 0.05) is 12.0 Å². The lowest BCUT2D eigenvalue weighted by atomic mass is 9.87. The van der Waals surface area contributed by atoms with Gasteiger partial charge in [0.2, 0.25) is 0 Å². The zero-order valence-corrected chi connectivity index (χ0v) is 40.1. The van der Waals surface area contributed by atoms with Crippen LogP contribution in [0, 0.1) is 11.8 Å². The summed E-state index contributed by atoms with van der Waals surface area (Å²) in [6, 6.07) is 13.7. The third-order valence-corrected chi connectivity index (χ3v) is 11.7. The van der Waals surface area contributed by atoms with E-state index in [1.165, 1.54) is 18.2 Å². The summed E-state index contributed by atoms with van der Waals surface area (Å²) < 4.78 is 44.4. The van der Waals surface area contributed by atoms with E-state index >= 15 is 0 Å². The minimum atomic E-state index is -0.563. The maximum Gasteiger partial charge on any atom is 0.338 e. The number of unbranched alkanes of at least 4 members (excludes halogenated alkanes) is 6. The molecule has 2 fully saturated rings. The van der Waals surface area contributed by atoms with Gasteiger partial charge in [0.05, 0.1) is 55.8 Å². The Labute approximate surface area is 405 Å². The van der Waals surface area contributed by atoms with E-state index in [0.29, 0.717) is 106 Å². The quantitative estimate of drug-likeness (QED) is 0.0110. The number of alkyl halides is 1. The predicted octanol–water partition coefficient (Wildman–Crippen LogP) is 10.4. The molecule has 2 aromatic rings. The van der Waals surface area contributed by atoms with Crippen molar-refractivity contribution in [2.45, 2.75) is 128 Å². The molecule has 2 aliphatic carbocycles. The fourth-order valence-corrected chi connectivity index (χ4v) is 7.68. The Morgan fingerprint density at radius 1 is 0.588 bits per heavy atom. The second-order valence-corrected chi connectivity index (χ2v) is 17.1. The van der Waals surface area contributed by atoms with Gasteiger partial charge in [-0.15, -0.1) is 11.6 Å². The third kappa shape index (κ3) is 21.0. The van der Waals surface area contributed by atoms with Gasteiger partial charge in [-0.3, -0.25) is 14.4 Å². The van der Waals surface area contributed by atoms with Crippen LogP contribution < -0.4 is 14.2 Å². The molecule has 0 bridgehead atoms. The molecule has 370 valence electrons. The molecule has 2 saturated carbocycles. The van der Waals surface area contributed by atoms with Crippen molar-refractivity contribution in [3.63, 3.8) is 0 Å². The Morgan fingerprint density at radius 2 is 1.09 bits per heavy atom. The average Bonchev–Trinajstić information content (AvgIpc) is 3.34. The molecule has 68 heavy (non-hydrogen) atoms. The summed E-state index contributed by atoms with van der Waals surface area (Å²) in [6.45, 7) is 10.6. The molecule has 0 aliphatic heterocycles. The molecule has 15 heteroatoms. The number of carbonyl (C=O) groups excluding carboxylic acids is 6. The summed E-state index contributed by atoms with van der Waals surface area (Å²) in [4.78, 5) is 74.2. The molecule has 0 saturated heterocycles. The first-order valence-electron chi connectivity index (χ1n) is 23.8. The number of allylic oxidation sites excluding steroid dienone is 3. The zero-order valence-electron chi connectivity index (χ0n) is 39.3. The van der Waals surface area contributed by atoms with Gasteiger partial charge >= 0.3 is 35.8 Å². The van der Waals surface area contributed by atoms with Gasteiger partial charge in [0.25, 0.3) is 0 Å². The lowest BCUT2D eigenvalue weighted by molar-refractivity contribution is -0.148. The van der Waals surface area contributed by atoms with Crippen molar-refractivity contribution in [1.29, 1.82) is 0 Å². The first kappa shape index (κ1) is 54.7. The summed E-state index contributed by atoms with van der Waals surface area (Å²) in [5.74, 6) is -0.752. The zero-order chi connectivity index (χ0) is 48.9. The van der Waals surface area contributed by atoms with Crippen LogP contribution in [0.2, 0.25) is 0 Å². The number of benzene rings is 2. The smallest absolute Gasteiger partial charge is 0.338 e. The molecule has 0 radical (unpaired) electrons. The van der Waals surface area contributed by atoms with E-state index in [-0.39, 0.29) is 59.8 Å². The number of hydrogen-bond donors (Lipinski definition) is 0. The number of rotatable bonds is 29. The second kappa shape index (κ2) is 31.2. The highest BCUT2D eigenvalue weighted by molar-refractivity contribution is 6.18. The van der Waals surface area contributed by atoms with Crippen molar-refractivity contribution in [3.05, 3.63) is 103 Å². The van der Waals surface area contributed by atoms with E-state index in [0.717, 1.165) is 57.4 Å². The lowest BCUT2D eigenvalue weighted by Crippen LogP contribution is -2.30. The van der Waals surface area contributed by atoms with E-state index < -0.39 is 17.9 Å². The van der Waals surface area contributed by atoms with E-state index in [4.69, 9.17) is 49.5 Å². The van der Waals surface area contributed by atoms with Crippen LogP contribution in [0.1, 0.15) is 126 Å². The number of halogens is 1. The topological polar surface area (TPSA) is 176 Å². The maximum atomic E-state index is 13.0. The van der Waals surface area contributed by atoms with E-state index in [1.54, 1.807) is 55.5 Å². The Hall–Kier alpha value is -5.89. The molecule has 0 aromatic heterocycles. The Morgan fingerprint density at radius 3 is 1.63 bits per heavy atom. The Bertz CT molecular complexity index is 1990. The average molecular weight is 964 g/mol. The fraction of sp³-hybridized carbons (Fsp3) is 0.509. The summed E-state index contributed by atoms with van der Waals surface area (Å²) in [7, 11) is 0. The van der Waals surface area contributed by atoms with Crippen molar-refractivity contribution in [2.24, 2.45) is 11.8 Å². The van der Waals surface area contributed by atoms with Crippen LogP contribution in [0.3, 0.4) is 0 Å². The van der Waals surface area contributed by atoms with E-state index in [1.807, 2.05) is 0 Å². The first-order valence-corrected chi connectivity index (χ1v) is 24.3. The minimum absolute atomic E-state index is 0.200. The lowest BCUT2D eigenvalue weighted by Gasteiger charge is -2.27. The molecule has 0 spiro atoms. The van der Waals surface area contributed by atoms with E-state index in [9.17, 15) is 28.8 Å². The van der Waals surface area contributed by atoms with Gasteiger partial charge in [-0.25, -0.2) is 14.4 Å². The highest BCUT2D eigenvalue weighted by Crippen LogP contribution is 2.31. The van der Waals surface area contributed by atoms with Gasteiger partial charge in [-0.2, -0.15) is 0 Å². The standard InChI is InChI=1S/C53H67ClO14/c1-4-39(50(57)66-45-26-20-42(21-27-45)53(60)68-47-30-28-44(29-31-47)62-35-11-6-8-12-36-63-48(55)5-2)15-14-38(3)65-51(58)40-18-24-46(25-19-40)67-52(59)41-16-22-43(23-17-41)61-34-10-7-9-13-37-64-49(56)32-33-54/h4-5,14-17,22-23,28-31,40,42,45-46H,1-2,6-13,18-21,24-27,32-37H2,3H3/b38-14+,39-15+. The van der Waals surface area contributed by atoms with Gasteiger partial charge in [-0.05, 0) is 170 Å². The molecule has 2 aliphatic rings. The highest BCUT2D eigenvalue weighted by Gasteiger charge is 2.31. The number of carbonyl (C=O) groups is 6. The number of esters is 6. The molecule has 0 amide bonds. The maximum absolute atomic E-state index is 13.0. The van der Waals surface area contributed by atoms with Crippen LogP contribution in [0.5, 0.6) is 17.2 Å². The molecule has 0 unspecified atom stereocenters. The fourth-order valence-electron chi connectivity index (χ4n) is 7.53. The van der Waals surface area contributed by atoms with Crippen molar-refractivity contribution < 1.29 is 66.7 Å². The Kier molecular flexibility index (Phi) is 25.1. The molecular formula is C53H67ClO14. The van der Waals surface area contributed by atoms with Gasteiger partial charge < -0.3 is 37.9 Å². The monoisotopic (exact) mass is 962 g/mol. The van der Waals surface area contributed by atoms with Crippen LogP contribution in [-0.2, 0) is 47.7 Å². The molecule has 2 aromatic carbocycles. The molecule has 0 N–H and O–H groups in total. The summed E-state index contributed by atoms with van der Waals surface area (Å²) >= 11 is 5.53. The van der Waals surface area contributed by atoms with Crippen LogP contribution in [0.4, 0.5) is 0 Å². The summed E-state index contributed by atoms with van der Waals surface area (Å²) in [5.41, 5.74) is 0.616. The number of hydrogen-bond acceptors (Lipinski definition) is 14. The predicted molar refractivity (Wildman–Crippen MR) is 255 cm³/mol. The second-order valence-electron chi connectivity index (χ2n) is 16.8. The normalized spacial score (nSPS) is 18.3. The van der Waals surface area contributed by atoms with Crippen LogP contribution >= 0.6 is 11.6 Å². The van der Waals surface area contributed by atoms with Crippen LogP contribution in [0.25, 0.3) is 0 Å². The van der Waals surface area contributed by atoms with Crippen molar-refractivity contribution >= 4 is 47.4 Å². The van der Waals surface area contributed by atoms with Crippen LogP contribution in [-0.4, -0.2) is 80.3 Å². The summed E-state index contributed by atoms with van der Waals surface area (Å²) in [5, 5.41) is 0. The molecule has 4 rings (SSSR count). The summed E-state index contributed by atoms with van der Waals surface area (Å²) in [6.07, 6.45) is 16.2. The van der Waals surface area contributed by atoms with Crippen LogP contribution in [0.15, 0.2) is 97.3 Å². The molecule has 14 nitrogen and oxygen atoms in total. The van der Waals surface area contributed by atoms with Crippen molar-refractivity contribution in [3.8, 4) is 17.2 Å². The van der Waals surface area contributed by atoms with Gasteiger partial charge in [-0.1, -0.05) is 19.2 Å². The van der Waals surface area contributed by atoms with Gasteiger partial charge in [0.1, 0.15) is 35.2 Å². The van der Waals surface area contributed by atoms with E-state index in [2.05, 4.69) is 13.2 Å². The number of ether oxygens (including phenoxy) is 8. The first-order chi connectivity index (χ1) is 33.0. The molecule has 0 atom stereocenters. The SMILES string of the molecule is C=CC(=O)OCCCCCCOc1ccc(OC(=O)C2CCC(OC(=O)/C(C=C)=C/C=C(\C)OC(=O)C3CCC(OC(=O)c4ccc(OCCCCCCOC(=O)CCCl)cc4)CC3)CC2)cc1. The third-order valence-electron chi connectivity index (χ3n) is 11.5. The minimum Gasteiger partial charge on any atom is -0.494 e. The Balaban J connectivity index is 1.07. The molecular weight excluding hydrogens is 896 g/mol. The highest BCUT2D eigenvalue weighted by atomic mass is 35.5. The van der Waals surface area contributed by atoms with Crippen molar-refractivity contribution in [1.82, 2.24) is 0 Å². The van der Waals surface area contributed by atoms with Gasteiger partial charge in [0.15, 0.2) is 0 Å². The molecule has 0 heterocycles. The van der Waals surface area contributed by atoms with Crippen molar-refractivity contribution in [2.75, 3.05) is 32.3 Å². The largest absolute Gasteiger partial charge is 0.494 e.